The van der Waals surface area contributed by atoms with Gasteiger partial charge in [0.15, 0.2) is 9.84 Å². The van der Waals surface area contributed by atoms with Crippen LogP contribution in [0.5, 0.6) is 5.75 Å². The zero-order valence-corrected chi connectivity index (χ0v) is 25.6. The van der Waals surface area contributed by atoms with Gasteiger partial charge in [-0.05, 0) is 60.1 Å². The molecule has 1 aliphatic heterocycles. The molecule has 11 heteroatoms. The minimum absolute atomic E-state index is 0. The lowest BCUT2D eigenvalue weighted by Gasteiger charge is -2.27. The first-order chi connectivity index (χ1) is 19.9. The van der Waals surface area contributed by atoms with Gasteiger partial charge < -0.3 is 10.1 Å². The Balaban J connectivity index is 0.000000234. The molecule has 5 rings (SSSR count). The predicted octanol–water partition coefficient (Wildman–Crippen LogP) is 4.87. The van der Waals surface area contributed by atoms with Crippen molar-refractivity contribution in [2.75, 3.05) is 32.2 Å². The number of sulfonamides is 1. The van der Waals surface area contributed by atoms with E-state index in [9.17, 15) is 26.0 Å². The first-order valence-electron chi connectivity index (χ1n) is 13.9. The molecule has 0 spiro atoms. The van der Waals surface area contributed by atoms with Crippen molar-refractivity contribution >= 4 is 25.8 Å². The average Bonchev–Trinajstić information content (AvgIpc) is 3.74. The van der Waals surface area contributed by atoms with Gasteiger partial charge in [0.1, 0.15) is 11.6 Å². The van der Waals surface area contributed by atoms with Gasteiger partial charge in [0, 0.05) is 38.7 Å². The highest BCUT2D eigenvalue weighted by Gasteiger charge is 2.30. The molecule has 0 aromatic heterocycles. The fourth-order valence-corrected chi connectivity index (χ4v) is 5.86. The number of rotatable bonds is 10. The van der Waals surface area contributed by atoms with Crippen molar-refractivity contribution in [1.82, 2.24) is 10.0 Å². The Morgan fingerprint density at radius 2 is 1.62 bits per heavy atom. The molecule has 2 fully saturated rings. The molecule has 228 valence electrons. The molecular weight excluding hydrogens is 579 g/mol. The topological polar surface area (TPSA) is 119 Å². The van der Waals surface area contributed by atoms with Crippen molar-refractivity contribution in [3.05, 3.63) is 94.8 Å². The van der Waals surface area contributed by atoms with Crippen LogP contribution < -0.4 is 14.8 Å². The lowest BCUT2D eigenvalue weighted by molar-refractivity contribution is 0.0977. The van der Waals surface area contributed by atoms with E-state index in [1.165, 1.54) is 24.0 Å². The van der Waals surface area contributed by atoms with Crippen molar-refractivity contribution in [1.29, 1.82) is 0 Å². The zero-order valence-electron chi connectivity index (χ0n) is 24.0. The van der Waals surface area contributed by atoms with E-state index in [2.05, 4.69) is 24.4 Å². The minimum Gasteiger partial charge on any atom is -0.493 e. The van der Waals surface area contributed by atoms with Gasteiger partial charge >= 0.3 is 0 Å². The highest BCUT2D eigenvalue weighted by molar-refractivity contribution is 7.90. The Bertz CT molecular complexity index is 1610. The van der Waals surface area contributed by atoms with Gasteiger partial charge in [0.25, 0.3) is 5.91 Å². The van der Waals surface area contributed by atoms with Gasteiger partial charge in [-0.3, -0.25) is 4.79 Å². The summed E-state index contributed by atoms with van der Waals surface area (Å²) < 4.78 is 67.0. The highest BCUT2D eigenvalue weighted by atomic mass is 32.2. The van der Waals surface area contributed by atoms with Gasteiger partial charge in [0.05, 0.1) is 23.3 Å². The number of benzene rings is 3. The molecule has 1 atom stereocenters. The van der Waals surface area contributed by atoms with E-state index in [4.69, 9.17) is 4.74 Å². The SMILES string of the molecule is CCC(c1ccccc1)c1ccc(S(C)(=O)=O)cc1.CS(=O)(=O)NC(=O)c1cc(C2CC2)c(OCC2CNC2)cc1F.[HH]. The lowest BCUT2D eigenvalue weighted by atomic mass is 9.89. The number of amides is 1. The molecule has 2 N–H and O–H groups in total. The number of hydrogen-bond donors (Lipinski definition) is 2. The molecule has 3 aromatic rings. The van der Waals surface area contributed by atoms with Gasteiger partial charge in [-0.1, -0.05) is 49.4 Å². The van der Waals surface area contributed by atoms with Crippen molar-refractivity contribution in [3.8, 4) is 5.75 Å². The molecule has 0 bridgehead atoms. The van der Waals surface area contributed by atoms with Gasteiger partial charge in [-0.15, -0.1) is 0 Å². The van der Waals surface area contributed by atoms with Crippen molar-refractivity contribution < 1.29 is 32.2 Å². The molecule has 2 aliphatic rings. The summed E-state index contributed by atoms with van der Waals surface area (Å²) in [5.74, 6) is -0.310. The fourth-order valence-electron chi connectivity index (χ4n) is 4.78. The maximum absolute atomic E-state index is 14.2. The first-order valence-corrected chi connectivity index (χ1v) is 17.7. The summed E-state index contributed by atoms with van der Waals surface area (Å²) >= 11 is 0. The Labute approximate surface area is 249 Å². The zero-order chi connectivity index (χ0) is 30.5. The Kier molecular flexibility index (Phi) is 10.1. The molecular formula is C31H39FN2O6S2. The van der Waals surface area contributed by atoms with E-state index in [0.29, 0.717) is 29.1 Å². The number of halogens is 1. The molecule has 1 unspecified atom stereocenters. The second kappa shape index (κ2) is 13.4. The number of carbonyl (C=O) groups excluding carboxylic acids is 1. The average molecular weight is 619 g/mol. The molecule has 42 heavy (non-hydrogen) atoms. The smallest absolute Gasteiger partial charge is 0.267 e. The van der Waals surface area contributed by atoms with Gasteiger partial charge in [-0.25, -0.2) is 25.9 Å². The van der Waals surface area contributed by atoms with E-state index >= 15 is 0 Å². The van der Waals surface area contributed by atoms with Gasteiger partial charge in [0.2, 0.25) is 10.0 Å². The standard InChI is InChI=1S/C16H18O2S.C15H19FN2O4S.H2/c1-3-16(13-7-5-4-6-8-13)14-9-11-15(12-10-14)19(2,17)18;1-23(20,21)18-15(19)12-4-11(10-2-3-10)14(5-13(12)16)22-8-9-6-17-7-9;/h4-12,16H,3H2,1-2H3;4-5,9-10,17H,2-3,6-8H2,1H3,(H,18,19);1H. The Morgan fingerprint density at radius 1 is 1.00 bits per heavy atom. The van der Waals surface area contributed by atoms with Crippen molar-refractivity contribution in [3.63, 3.8) is 0 Å². The third-order valence-electron chi connectivity index (χ3n) is 7.30. The lowest BCUT2D eigenvalue weighted by Crippen LogP contribution is -2.45. The number of ether oxygens (including phenoxy) is 1. The monoisotopic (exact) mass is 618 g/mol. The summed E-state index contributed by atoms with van der Waals surface area (Å²) in [6.07, 6.45) is 4.99. The Morgan fingerprint density at radius 3 is 2.12 bits per heavy atom. The number of carbonyl (C=O) groups is 1. The molecule has 1 saturated carbocycles. The van der Waals surface area contributed by atoms with Crippen molar-refractivity contribution in [2.45, 2.75) is 42.9 Å². The molecule has 8 nitrogen and oxygen atoms in total. The van der Waals surface area contributed by atoms with Crippen molar-refractivity contribution in [2.24, 2.45) is 5.92 Å². The third-order valence-corrected chi connectivity index (χ3v) is 8.99. The second-order valence-electron chi connectivity index (χ2n) is 10.9. The summed E-state index contributed by atoms with van der Waals surface area (Å²) in [5, 5.41) is 3.14. The number of hydrogen-bond acceptors (Lipinski definition) is 7. The summed E-state index contributed by atoms with van der Waals surface area (Å²) in [6.45, 7) is 4.41. The Hall–Kier alpha value is -3.28. The van der Waals surface area contributed by atoms with Gasteiger partial charge in [-0.2, -0.15) is 0 Å². The van der Waals surface area contributed by atoms with E-state index < -0.39 is 31.6 Å². The predicted molar refractivity (Wildman–Crippen MR) is 163 cm³/mol. The largest absolute Gasteiger partial charge is 0.493 e. The van der Waals surface area contributed by atoms with Crippen LogP contribution in [0.1, 0.15) is 66.5 Å². The molecule has 1 heterocycles. The molecule has 1 saturated heterocycles. The van der Waals surface area contributed by atoms with Crippen LogP contribution in [0.3, 0.4) is 0 Å². The molecule has 0 radical (unpaired) electrons. The van der Waals surface area contributed by atoms with E-state index in [1.54, 1.807) is 16.9 Å². The summed E-state index contributed by atoms with van der Waals surface area (Å²) in [4.78, 5) is 12.3. The number of sulfone groups is 1. The first kappa shape index (κ1) is 31.7. The normalized spacial score (nSPS) is 16.0. The molecule has 3 aromatic carbocycles. The second-order valence-corrected chi connectivity index (χ2v) is 14.7. The minimum atomic E-state index is -3.74. The van der Waals surface area contributed by atoms with Crippen LogP contribution in [0, 0.1) is 11.7 Å². The number of nitrogens with one attached hydrogen (secondary N) is 2. The quantitative estimate of drug-likeness (QED) is 0.333. The van der Waals surface area contributed by atoms with Crippen LogP contribution in [0.25, 0.3) is 0 Å². The van der Waals surface area contributed by atoms with E-state index in [1.807, 2.05) is 30.3 Å². The van der Waals surface area contributed by atoms with Crippen LogP contribution in [0.4, 0.5) is 4.39 Å². The van der Waals surface area contributed by atoms with Crippen LogP contribution in [-0.4, -0.2) is 55.0 Å². The summed E-state index contributed by atoms with van der Waals surface area (Å²) in [7, 11) is -6.85. The van der Waals surface area contributed by atoms with E-state index in [0.717, 1.165) is 49.7 Å². The van der Waals surface area contributed by atoms with Crippen LogP contribution >= 0.6 is 0 Å². The van der Waals surface area contributed by atoms with E-state index in [-0.39, 0.29) is 12.9 Å². The molecule has 1 aliphatic carbocycles. The maximum atomic E-state index is 14.2. The fraction of sp³-hybridized carbons (Fsp3) is 0.387. The summed E-state index contributed by atoms with van der Waals surface area (Å²) in [6, 6.07) is 20.1. The van der Waals surface area contributed by atoms with Crippen LogP contribution in [-0.2, 0) is 19.9 Å². The van der Waals surface area contributed by atoms with Crippen LogP contribution in [0.15, 0.2) is 71.6 Å². The molecule has 1 amide bonds. The highest BCUT2D eigenvalue weighted by Crippen LogP contribution is 2.45. The third kappa shape index (κ3) is 8.62. The maximum Gasteiger partial charge on any atom is 0.267 e. The van der Waals surface area contributed by atoms with Crippen LogP contribution in [0.2, 0.25) is 0 Å². The summed E-state index contributed by atoms with van der Waals surface area (Å²) in [5.41, 5.74) is 2.92.